The summed E-state index contributed by atoms with van der Waals surface area (Å²) in [6, 6.07) is 12.4. The van der Waals surface area contributed by atoms with Crippen molar-refractivity contribution in [3.8, 4) is 5.75 Å². The average Bonchev–Trinajstić information content (AvgIpc) is 2.44. The lowest BCUT2D eigenvalue weighted by molar-refractivity contribution is 0.0606. The van der Waals surface area contributed by atoms with Crippen molar-refractivity contribution in [1.82, 2.24) is 0 Å². The van der Waals surface area contributed by atoms with Crippen LogP contribution in [0.5, 0.6) is 5.75 Å². The molecule has 0 aliphatic carbocycles. The predicted molar refractivity (Wildman–Crippen MR) is 85.1 cm³/mol. The number of hydrogen-bond acceptors (Lipinski definition) is 2. The van der Waals surface area contributed by atoms with Crippen LogP contribution in [0, 0.1) is 5.82 Å². The Balaban J connectivity index is 2.12. The van der Waals surface area contributed by atoms with E-state index in [1.165, 1.54) is 6.07 Å². The van der Waals surface area contributed by atoms with Crippen LogP contribution in [-0.2, 0) is 12.8 Å². The van der Waals surface area contributed by atoms with Crippen molar-refractivity contribution in [1.29, 1.82) is 0 Å². The van der Waals surface area contributed by atoms with Gasteiger partial charge in [0.2, 0.25) is 0 Å². The molecule has 1 atom stereocenters. The van der Waals surface area contributed by atoms with Gasteiger partial charge in [-0.25, -0.2) is 4.39 Å². The molecule has 0 heterocycles. The van der Waals surface area contributed by atoms with Crippen molar-refractivity contribution in [3.63, 3.8) is 0 Å². The molecule has 1 N–H and O–H groups in total. The lowest BCUT2D eigenvalue weighted by atomic mass is 9.90. The molecule has 0 aliphatic rings. The maximum absolute atomic E-state index is 13.5. The Labute approximate surface area is 132 Å². The number of aliphatic hydroxyl groups is 1. The van der Waals surface area contributed by atoms with Crippen molar-refractivity contribution in [3.05, 3.63) is 63.9 Å². The van der Waals surface area contributed by atoms with Crippen LogP contribution in [0.2, 0.25) is 0 Å². The lowest BCUT2D eigenvalue weighted by Gasteiger charge is -2.24. The van der Waals surface area contributed by atoms with Crippen LogP contribution in [0.3, 0.4) is 0 Å². The summed E-state index contributed by atoms with van der Waals surface area (Å²) in [5.74, 6) is 0.471. The molecular weight excluding hydrogens is 335 g/mol. The first-order chi connectivity index (χ1) is 9.91. The highest BCUT2D eigenvalue weighted by atomic mass is 79.9. The molecular formula is C17H18BrFO2. The highest BCUT2D eigenvalue weighted by molar-refractivity contribution is 9.10. The summed E-state index contributed by atoms with van der Waals surface area (Å²) in [6.07, 6.45) is 0.858. The fourth-order valence-corrected chi connectivity index (χ4v) is 2.75. The van der Waals surface area contributed by atoms with Crippen molar-refractivity contribution in [2.75, 3.05) is 7.11 Å². The summed E-state index contributed by atoms with van der Waals surface area (Å²) in [6.45, 7) is 1.76. The van der Waals surface area contributed by atoms with E-state index in [2.05, 4.69) is 15.9 Å². The Morgan fingerprint density at radius 3 is 2.43 bits per heavy atom. The van der Waals surface area contributed by atoms with Gasteiger partial charge in [0, 0.05) is 12.8 Å². The first-order valence-corrected chi connectivity index (χ1v) is 7.49. The van der Waals surface area contributed by atoms with E-state index in [4.69, 9.17) is 4.74 Å². The molecule has 0 aromatic heterocycles. The van der Waals surface area contributed by atoms with Gasteiger partial charge in [0.25, 0.3) is 0 Å². The lowest BCUT2D eigenvalue weighted by Crippen LogP contribution is -2.30. The molecule has 0 saturated heterocycles. The number of ether oxygens (including phenoxy) is 1. The van der Waals surface area contributed by atoms with Gasteiger partial charge in [-0.2, -0.15) is 0 Å². The highest BCUT2D eigenvalue weighted by Crippen LogP contribution is 2.26. The second-order valence-electron chi connectivity index (χ2n) is 5.41. The Kier molecular flexibility index (Phi) is 5.01. The first-order valence-electron chi connectivity index (χ1n) is 6.69. The van der Waals surface area contributed by atoms with Gasteiger partial charge in [-0.15, -0.1) is 0 Å². The molecule has 112 valence electrons. The second kappa shape index (κ2) is 6.58. The Morgan fingerprint density at radius 2 is 1.81 bits per heavy atom. The highest BCUT2D eigenvalue weighted by Gasteiger charge is 2.23. The Morgan fingerprint density at radius 1 is 1.14 bits per heavy atom. The first kappa shape index (κ1) is 16.0. The van der Waals surface area contributed by atoms with Gasteiger partial charge < -0.3 is 9.84 Å². The van der Waals surface area contributed by atoms with E-state index in [0.717, 1.165) is 16.9 Å². The fourth-order valence-electron chi connectivity index (χ4n) is 2.34. The minimum absolute atomic E-state index is 0.312. The standard InChI is InChI=1S/C17H18BrFO2/c1-17(20,10-12-6-8-14(21-2)9-7-12)11-13-4-3-5-15(19)16(13)18/h3-9,20H,10-11H2,1-2H3. The molecule has 1 unspecified atom stereocenters. The summed E-state index contributed by atoms with van der Waals surface area (Å²) in [4.78, 5) is 0. The van der Waals surface area contributed by atoms with Gasteiger partial charge in [0.15, 0.2) is 0 Å². The Hall–Kier alpha value is -1.39. The largest absolute Gasteiger partial charge is 0.497 e. The average molecular weight is 353 g/mol. The topological polar surface area (TPSA) is 29.5 Å². The quantitative estimate of drug-likeness (QED) is 0.876. The van der Waals surface area contributed by atoms with Crippen molar-refractivity contribution in [2.24, 2.45) is 0 Å². The number of halogens is 2. The van der Waals surface area contributed by atoms with Crippen LogP contribution in [0.25, 0.3) is 0 Å². The third-order valence-electron chi connectivity index (χ3n) is 3.35. The summed E-state index contributed by atoms with van der Waals surface area (Å²) in [5, 5.41) is 10.6. The molecule has 0 radical (unpaired) electrons. The summed E-state index contributed by atoms with van der Waals surface area (Å²) < 4.78 is 19.1. The van der Waals surface area contributed by atoms with Gasteiger partial charge in [-0.1, -0.05) is 24.3 Å². The normalized spacial score (nSPS) is 13.8. The number of methoxy groups -OCH3 is 1. The van der Waals surface area contributed by atoms with Crippen LogP contribution in [0.4, 0.5) is 4.39 Å². The minimum Gasteiger partial charge on any atom is -0.497 e. The molecule has 2 aromatic rings. The van der Waals surface area contributed by atoms with Crippen LogP contribution >= 0.6 is 15.9 Å². The molecule has 2 aromatic carbocycles. The number of hydrogen-bond donors (Lipinski definition) is 1. The SMILES string of the molecule is COc1ccc(CC(C)(O)Cc2cccc(F)c2Br)cc1. The maximum Gasteiger partial charge on any atom is 0.137 e. The summed E-state index contributed by atoms with van der Waals surface area (Å²) in [7, 11) is 1.62. The van der Waals surface area contributed by atoms with Gasteiger partial charge in [0.05, 0.1) is 17.2 Å². The molecule has 0 amide bonds. The van der Waals surface area contributed by atoms with E-state index in [9.17, 15) is 9.50 Å². The van der Waals surface area contributed by atoms with E-state index in [1.807, 2.05) is 30.3 Å². The van der Waals surface area contributed by atoms with Gasteiger partial charge >= 0.3 is 0 Å². The maximum atomic E-state index is 13.5. The molecule has 0 aliphatic heterocycles. The zero-order valence-corrected chi connectivity index (χ0v) is 13.7. The summed E-state index contributed by atoms with van der Waals surface area (Å²) in [5.41, 5.74) is 0.812. The van der Waals surface area contributed by atoms with Crippen molar-refractivity contribution < 1.29 is 14.2 Å². The predicted octanol–water partition coefficient (Wildman–Crippen LogP) is 4.13. The zero-order chi connectivity index (χ0) is 15.5. The molecule has 2 rings (SSSR count). The molecule has 2 nitrogen and oxygen atoms in total. The minimum atomic E-state index is -0.953. The second-order valence-corrected chi connectivity index (χ2v) is 6.20. The molecule has 0 bridgehead atoms. The smallest absolute Gasteiger partial charge is 0.137 e. The van der Waals surface area contributed by atoms with Crippen LogP contribution in [0.15, 0.2) is 46.9 Å². The van der Waals surface area contributed by atoms with Crippen molar-refractivity contribution in [2.45, 2.75) is 25.4 Å². The number of rotatable bonds is 5. The van der Waals surface area contributed by atoms with Crippen LogP contribution < -0.4 is 4.74 Å². The van der Waals surface area contributed by atoms with E-state index in [0.29, 0.717) is 17.3 Å². The van der Waals surface area contributed by atoms with Crippen LogP contribution in [-0.4, -0.2) is 17.8 Å². The van der Waals surface area contributed by atoms with E-state index in [1.54, 1.807) is 20.1 Å². The van der Waals surface area contributed by atoms with Gasteiger partial charge in [-0.05, 0) is 52.2 Å². The van der Waals surface area contributed by atoms with E-state index >= 15 is 0 Å². The Bertz CT molecular complexity index is 609. The van der Waals surface area contributed by atoms with E-state index in [-0.39, 0.29) is 5.82 Å². The zero-order valence-electron chi connectivity index (χ0n) is 12.1. The number of benzene rings is 2. The summed E-state index contributed by atoms with van der Waals surface area (Å²) >= 11 is 3.23. The third-order valence-corrected chi connectivity index (χ3v) is 4.23. The van der Waals surface area contributed by atoms with E-state index < -0.39 is 5.60 Å². The molecule has 0 fully saturated rings. The monoisotopic (exact) mass is 352 g/mol. The van der Waals surface area contributed by atoms with Gasteiger partial charge in [0.1, 0.15) is 11.6 Å². The van der Waals surface area contributed by atoms with Crippen molar-refractivity contribution >= 4 is 15.9 Å². The molecule has 4 heteroatoms. The molecule has 21 heavy (non-hydrogen) atoms. The molecule has 0 saturated carbocycles. The fraction of sp³-hybridized carbons (Fsp3) is 0.294. The third kappa shape index (κ3) is 4.29. The molecule has 0 spiro atoms. The van der Waals surface area contributed by atoms with Gasteiger partial charge in [-0.3, -0.25) is 0 Å². The van der Waals surface area contributed by atoms with Crippen LogP contribution in [0.1, 0.15) is 18.1 Å².